The number of nitrogens with one attached hydrogen (secondary N) is 2. The lowest BCUT2D eigenvalue weighted by Crippen LogP contribution is -2.43. The van der Waals surface area contributed by atoms with Crippen LogP contribution in [0.5, 0.6) is 0 Å². The van der Waals surface area contributed by atoms with E-state index in [1.54, 1.807) is 19.2 Å². The van der Waals surface area contributed by atoms with E-state index in [0.717, 1.165) is 37.7 Å². The van der Waals surface area contributed by atoms with Gasteiger partial charge in [-0.25, -0.2) is 4.39 Å². The number of nitrogens with zero attached hydrogens (tertiary/aromatic N) is 1. The van der Waals surface area contributed by atoms with Crippen molar-refractivity contribution in [2.24, 2.45) is 10.4 Å². The molecule has 0 radical (unpaired) electrons. The second-order valence-corrected chi connectivity index (χ2v) is 6.56. The molecule has 2 N–H and O–H groups in total. The lowest BCUT2D eigenvalue weighted by Gasteiger charge is -2.30. The molecule has 0 aliphatic heterocycles. The highest BCUT2D eigenvalue weighted by Gasteiger charge is 2.33. The van der Waals surface area contributed by atoms with Crippen LogP contribution in [-0.2, 0) is 11.3 Å². The van der Waals surface area contributed by atoms with Gasteiger partial charge in [0, 0.05) is 33.4 Å². The van der Waals surface area contributed by atoms with Crippen LogP contribution in [0.25, 0.3) is 0 Å². The van der Waals surface area contributed by atoms with Crippen molar-refractivity contribution in [3.63, 3.8) is 0 Å². The average molecular weight is 463 g/mol. The van der Waals surface area contributed by atoms with Crippen LogP contribution in [0.3, 0.4) is 0 Å². The van der Waals surface area contributed by atoms with E-state index in [1.165, 1.54) is 31.7 Å². The summed E-state index contributed by atoms with van der Waals surface area (Å²) >= 11 is 0. The first-order chi connectivity index (χ1) is 11.7. The molecule has 1 aliphatic carbocycles. The molecule has 2 rings (SSSR count). The van der Waals surface area contributed by atoms with Gasteiger partial charge in [0.2, 0.25) is 0 Å². The molecule has 0 amide bonds. The second-order valence-electron chi connectivity index (χ2n) is 6.56. The number of benzene rings is 1. The van der Waals surface area contributed by atoms with E-state index in [-0.39, 0.29) is 29.8 Å². The molecule has 1 aromatic rings. The van der Waals surface area contributed by atoms with Crippen LogP contribution in [0.2, 0.25) is 0 Å². The van der Waals surface area contributed by atoms with Crippen LogP contribution >= 0.6 is 24.0 Å². The standard InChI is InChI=1S/C19H30FN3O.HI/c1-3-24-12-11-19(9-4-5-10-19)15-23-18(21-2)22-14-16-7-6-8-17(20)13-16;/h6-8,13H,3-5,9-12,14-15H2,1-2H3,(H2,21,22,23);1H. The molecule has 142 valence electrons. The monoisotopic (exact) mass is 463 g/mol. The minimum Gasteiger partial charge on any atom is -0.382 e. The maximum atomic E-state index is 13.2. The summed E-state index contributed by atoms with van der Waals surface area (Å²) in [7, 11) is 1.77. The Bertz CT molecular complexity index is 533. The summed E-state index contributed by atoms with van der Waals surface area (Å²) in [6.45, 7) is 5.11. The summed E-state index contributed by atoms with van der Waals surface area (Å²) < 4.78 is 18.8. The molecule has 1 aromatic carbocycles. The number of guanidine groups is 1. The van der Waals surface area contributed by atoms with Gasteiger partial charge in [0.05, 0.1) is 0 Å². The molecule has 0 saturated heterocycles. The first-order valence-corrected chi connectivity index (χ1v) is 8.94. The second kappa shape index (κ2) is 11.7. The van der Waals surface area contributed by atoms with Crippen molar-refractivity contribution in [1.82, 2.24) is 10.6 Å². The fraction of sp³-hybridized carbons (Fsp3) is 0.632. The maximum Gasteiger partial charge on any atom is 0.191 e. The third-order valence-corrected chi connectivity index (χ3v) is 4.85. The minimum absolute atomic E-state index is 0. The highest BCUT2D eigenvalue weighted by molar-refractivity contribution is 14.0. The van der Waals surface area contributed by atoms with Gasteiger partial charge in [-0.15, -0.1) is 24.0 Å². The Hall–Kier alpha value is -0.890. The minimum atomic E-state index is -0.210. The number of hydrogen-bond acceptors (Lipinski definition) is 2. The largest absolute Gasteiger partial charge is 0.382 e. The summed E-state index contributed by atoms with van der Waals surface area (Å²) in [5.41, 5.74) is 1.22. The van der Waals surface area contributed by atoms with Crippen LogP contribution in [0.1, 0.15) is 44.6 Å². The first-order valence-electron chi connectivity index (χ1n) is 8.94. The van der Waals surface area contributed by atoms with Gasteiger partial charge < -0.3 is 15.4 Å². The van der Waals surface area contributed by atoms with Crippen molar-refractivity contribution in [2.45, 2.75) is 45.6 Å². The maximum absolute atomic E-state index is 13.2. The van der Waals surface area contributed by atoms with Gasteiger partial charge in [-0.3, -0.25) is 4.99 Å². The zero-order chi connectivity index (χ0) is 17.3. The Balaban J connectivity index is 0.00000312. The van der Waals surface area contributed by atoms with Crippen LogP contribution in [-0.4, -0.2) is 32.8 Å². The molecule has 0 spiro atoms. The summed E-state index contributed by atoms with van der Waals surface area (Å²) in [5, 5.41) is 6.72. The van der Waals surface area contributed by atoms with Crippen LogP contribution in [0, 0.1) is 11.2 Å². The third-order valence-electron chi connectivity index (χ3n) is 4.85. The molecule has 1 aliphatic rings. The van der Waals surface area contributed by atoms with Crippen molar-refractivity contribution in [3.8, 4) is 0 Å². The van der Waals surface area contributed by atoms with Crippen LogP contribution < -0.4 is 10.6 Å². The Morgan fingerprint density at radius 3 is 2.68 bits per heavy atom. The van der Waals surface area contributed by atoms with Crippen molar-refractivity contribution >= 4 is 29.9 Å². The Labute approximate surface area is 168 Å². The number of rotatable bonds is 8. The molecule has 0 heterocycles. The zero-order valence-corrected chi connectivity index (χ0v) is 17.6. The normalized spacial score (nSPS) is 16.4. The van der Waals surface area contributed by atoms with E-state index >= 15 is 0 Å². The average Bonchev–Trinajstić information content (AvgIpc) is 3.04. The topological polar surface area (TPSA) is 45.6 Å². The Morgan fingerprint density at radius 2 is 2.04 bits per heavy atom. The van der Waals surface area contributed by atoms with Gasteiger partial charge in [-0.1, -0.05) is 25.0 Å². The smallest absolute Gasteiger partial charge is 0.191 e. The summed E-state index contributed by atoms with van der Waals surface area (Å²) in [6, 6.07) is 6.63. The quantitative estimate of drug-likeness (QED) is 0.264. The number of ether oxygens (including phenoxy) is 1. The fourth-order valence-electron chi connectivity index (χ4n) is 3.40. The lowest BCUT2D eigenvalue weighted by atomic mass is 9.83. The molecule has 4 nitrogen and oxygen atoms in total. The number of halogens is 2. The van der Waals surface area contributed by atoms with E-state index < -0.39 is 0 Å². The van der Waals surface area contributed by atoms with E-state index in [2.05, 4.69) is 15.6 Å². The summed E-state index contributed by atoms with van der Waals surface area (Å²) in [6.07, 6.45) is 6.17. The molecule has 0 unspecified atom stereocenters. The molecule has 1 fully saturated rings. The fourth-order valence-corrected chi connectivity index (χ4v) is 3.40. The first kappa shape index (κ1) is 22.2. The number of hydrogen-bond donors (Lipinski definition) is 2. The Morgan fingerprint density at radius 1 is 1.28 bits per heavy atom. The van der Waals surface area contributed by atoms with Gasteiger partial charge in [0.1, 0.15) is 5.82 Å². The van der Waals surface area contributed by atoms with Crippen LogP contribution in [0.15, 0.2) is 29.3 Å². The van der Waals surface area contributed by atoms with E-state index in [1.807, 2.05) is 13.0 Å². The molecule has 1 saturated carbocycles. The van der Waals surface area contributed by atoms with Gasteiger partial charge in [0.15, 0.2) is 5.96 Å². The van der Waals surface area contributed by atoms with E-state index in [4.69, 9.17) is 4.74 Å². The summed E-state index contributed by atoms with van der Waals surface area (Å²) in [5.74, 6) is 0.556. The van der Waals surface area contributed by atoms with Crippen molar-refractivity contribution < 1.29 is 9.13 Å². The molecular formula is C19H31FIN3O. The SMILES string of the molecule is CCOCCC1(CNC(=NC)NCc2cccc(F)c2)CCCC1.I. The Kier molecular flexibility index (Phi) is 10.3. The molecule has 25 heavy (non-hydrogen) atoms. The predicted octanol–water partition coefficient (Wildman–Crippen LogP) is 4.10. The van der Waals surface area contributed by atoms with Gasteiger partial charge >= 0.3 is 0 Å². The lowest BCUT2D eigenvalue weighted by molar-refractivity contribution is 0.105. The highest BCUT2D eigenvalue weighted by atomic mass is 127. The molecule has 0 bridgehead atoms. The van der Waals surface area contributed by atoms with Gasteiger partial charge in [-0.2, -0.15) is 0 Å². The zero-order valence-electron chi connectivity index (χ0n) is 15.3. The van der Waals surface area contributed by atoms with E-state index in [9.17, 15) is 4.39 Å². The third kappa shape index (κ3) is 7.48. The van der Waals surface area contributed by atoms with Crippen molar-refractivity contribution in [3.05, 3.63) is 35.6 Å². The van der Waals surface area contributed by atoms with Crippen molar-refractivity contribution in [1.29, 1.82) is 0 Å². The van der Waals surface area contributed by atoms with Crippen LogP contribution in [0.4, 0.5) is 4.39 Å². The predicted molar refractivity (Wildman–Crippen MR) is 112 cm³/mol. The van der Waals surface area contributed by atoms with Gasteiger partial charge in [0.25, 0.3) is 0 Å². The molecule has 6 heteroatoms. The summed E-state index contributed by atoms with van der Waals surface area (Å²) in [4.78, 5) is 4.28. The highest BCUT2D eigenvalue weighted by Crippen LogP contribution is 2.40. The molecular weight excluding hydrogens is 432 g/mol. The van der Waals surface area contributed by atoms with Crippen molar-refractivity contribution in [2.75, 3.05) is 26.8 Å². The molecule has 0 aromatic heterocycles. The van der Waals surface area contributed by atoms with E-state index in [0.29, 0.717) is 12.0 Å². The van der Waals surface area contributed by atoms with Gasteiger partial charge in [-0.05, 0) is 49.3 Å². The molecule has 0 atom stereocenters. The number of aliphatic imine (C=N–C) groups is 1.